The van der Waals surface area contributed by atoms with Crippen LogP contribution in [0.3, 0.4) is 0 Å². The maximum absolute atomic E-state index is 13.5. The molecule has 0 fully saturated rings. The molecule has 0 aliphatic heterocycles. The molecule has 0 aromatic heterocycles. The van der Waals surface area contributed by atoms with E-state index in [1.807, 2.05) is 24.3 Å². The van der Waals surface area contributed by atoms with Gasteiger partial charge in [0.1, 0.15) is 28.6 Å². The normalized spacial score (nSPS) is 12.6. The molecule has 0 aliphatic carbocycles. The van der Waals surface area contributed by atoms with E-state index in [4.69, 9.17) is 18.9 Å². The molecule has 38 heavy (non-hydrogen) atoms. The number of carbonyl (C=O) groups excluding carboxylic acids is 1. The maximum Gasteiger partial charge on any atom is 1.00 e. The first-order chi connectivity index (χ1) is 18.0. The molecule has 0 saturated carbocycles. The Balaban J connectivity index is 0.00000722. The second kappa shape index (κ2) is 19.4. The van der Waals surface area contributed by atoms with Crippen LogP contribution in [-0.4, -0.2) is 33.0 Å². The quantitative estimate of drug-likeness (QED) is 0.183. The van der Waals surface area contributed by atoms with Gasteiger partial charge >= 0.3 is 18.9 Å². The molecular formula is C31H48LiO5P. The van der Waals surface area contributed by atoms with Crippen LogP contribution in [0.5, 0.6) is 23.0 Å². The minimum Gasteiger partial charge on any atom is -1.00 e. The molecule has 0 heterocycles. The van der Waals surface area contributed by atoms with E-state index in [-0.39, 0.29) is 34.4 Å². The van der Waals surface area contributed by atoms with E-state index in [2.05, 4.69) is 27.7 Å². The van der Waals surface area contributed by atoms with E-state index < -0.39 is 0 Å². The second-order valence-corrected chi connectivity index (χ2v) is 10.8. The van der Waals surface area contributed by atoms with Crippen LogP contribution in [0.2, 0.25) is 0 Å². The summed E-state index contributed by atoms with van der Waals surface area (Å²) in [7, 11) is 3.01. The van der Waals surface area contributed by atoms with Crippen LogP contribution in [0.15, 0.2) is 36.4 Å². The third-order valence-corrected chi connectivity index (χ3v) is 8.06. The zero-order chi connectivity index (χ0) is 27.0. The molecule has 2 aromatic carbocycles. The van der Waals surface area contributed by atoms with Crippen molar-refractivity contribution in [3.05, 3.63) is 42.0 Å². The topological polar surface area (TPSA) is 54.0 Å². The molecule has 0 amide bonds. The van der Waals surface area contributed by atoms with Crippen LogP contribution in [-0.2, 0) is 0 Å². The molecule has 2 aromatic rings. The largest absolute Gasteiger partial charge is 1.00 e. The van der Waals surface area contributed by atoms with E-state index >= 15 is 0 Å². The smallest absolute Gasteiger partial charge is 1.00 e. The summed E-state index contributed by atoms with van der Waals surface area (Å²) in [4.78, 5) is 13.5. The van der Waals surface area contributed by atoms with Gasteiger partial charge in [-0.05, 0) is 57.5 Å². The van der Waals surface area contributed by atoms with Crippen molar-refractivity contribution in [1.29, 1.82) is 0 Å². The van der Waals surface area contributed by atoms with Gasteiger partial charge < -0.3 is 20.4 Å². The van der Waals surface area contributed by atoms with Crippen LogP contribution in [0.4, 0.5) is 0 Å². The Morgan fingerprint density at radius 1 is 0.816 bits per heavy atom. The van der Waals surface area contributed by atoms with Gasteiger partial charge in [-0.2, -0.15) is 0 Å². The van der Waals surface area contributed by atoms with E-state index in [1.54, 1.807) is 26.4 Å². The van der Waals surface area contributed by atoms with Crippen molar-refractivity contribution in [1.82, 2.24) is 0 Å². The fourth-order valence-electron chi connectivity index (χ4n) is 4.29. The fraction of sp³-hybridized carbons (Fsp3) is 0.581. The first-order valence-electron chi connectivity index (χ1n) is 13.9. The molecule has 7 heteroatoms. The van der Waals surface area contributed by atoms with Crippen molar-refractivity contribution in [2.24, 2.45) is 11.8 Å². The fourth-order valence-corrected chi connectivity index (χ4v) is 5.34. The van der Waals surface area contributed by atoms with Gasteiger partial charge in [0.05, 0.1) is 27.4 Å². The van der Waals surface area contributed by atoms with E-state index in [1.165, 1.54) is 32.1 Å². The first kappa shape index (κ1) is 34.4. The Hall–Kier alpha value is -1.66. The monoisotopic (exact) mass is 538 g/mol. The Morgan fingerprint density at radius 2 is 1.37 bits per heavy atom. The summed E-state index contributed by atoms with van der Waals surface area (Å²) in [5.74, 6) is 3.59. The van der Waals surface area contributed by atoms with Crippen molar-refractivity contribution in [3.63, 3.8) is 0 Å². The molecule has 0 spiro atoms. The summed E-state index contributed by atoms with van der Waals surface area (Å²) < 4.78 is 23.5. The van der Waals surface area contributed by atoms with Gasteiger partial charge in [0.25, 0.3) is 0 Å². The molecule has 2 rings (SSSR count). The van der Waals surface area contributed by atoms with Crippen molar-refractivity contribution >= 4 is 19.4 Å². The van der Waals surface area contributed by atoms with Gasteiger partial charge in [0, 0.05) is 11.4 Å². The van der Waals surface area contributed by atoms with Crippen molar-refractivity contribution in [3.8, 4) is 23.0 Å². The standard InChI is InChI=1S/C31H47O5P.Li.H/c1-7-11-14-23(9-3)21-35-25-18-19-29(28(20-25)36-22-24(10-4)15-12-8-2)37-31(32)30-26(33-5)16-13-17-27(30)34-6;;/h13,16-20,23-24,37H,7-12,14-15,21-22H2,1-6H3;;/q;+1;-1. The molecule has 5 nitrogen and oxygen atoms in total. The Morgan fingerprint density at radius 3 is 1.87 bits per heavy atom. The predicted molar refractivity (Wildman–Crippen MR) is 157 cm³/mol. The summed E-state index contributed by atoms with van der Waals surface area (Å²) in [5, 5.41) is 0.869. The van der Waals surface area contributed by atoms with Crippen LogP contribution >= 0.6 is 8.58 Å². The molecule has 3 unspecified atom stereocenters. The summed E-state index contributed by atoms with van der Waals surface area (Å²) in [5.41, 5.74) is 0.421. The minimum atomic E-state index is -0.127. The average Bonchev–Trinajstić information content (AvgIpc) is 2.93. The minimum absolute atomic E-state index is 0. The molecule has 0 radical (unpaired) electrons. The van der Waals surface area contributed by atoms with Gasteiger partial charge in [-0.3, -0.25) is 4.79 Å². The number of rotatable bonds is 19. The van der Waals surface area contributed by atoms with Crippen LogP contribution in [0, 0.1) is 11.8 Å². The van der Waals surface area contributed by atoms with Crippen LogP contribution in [0.25, 0.3) is 0 Å². The van der Waals surface area contributed by atoms with Crippen LogP contribution < -0.4 is 43.1 Å². The van der Waals surface area contributed by atoms with Crippen molar-refractivity contribution in [2.75, 3.05) is 27.4 Å². The van der Waals surface area contributed by atoms with Crippen molar-refractivity contribution < 1.29 is 44.0 Å². The van der Waals surface area contributed by atoms with E-state index in [0.717, 1.165) is 36.1 Å². The molecule has 0 bridgehead atoms. The first-order valence-corrected chi connectivity index (χ1v) is 14.9. The Labute approximate surface area is 246 Å². The SMILES string of the molecule is CCCCC(CC)COc1ccc(PC(=O)c2c(OC)cccc2OC)c(OCC(CC)CCCC)c1.[H-].[Li+]. The third kappa shape index (κ3) is 10.8. The number of carbonyl (C=O) groups is 1. The Kier molecular flexibility index (Phi) is 17.5. The second-order valence-electron chi connectivity index (χ2n) is 9.60. The third-order valence-electron chi connectivity index (χ3n) is 6.90. The van der Waals surface area contributed by atoms with E-state index in [9.17, 15) is 4.79 Å². The maximum atomic E-state index is 13.5. The summed E-state index contributed by atoms with van der Waals surface area (Å²) in [6, 6.07) is 11.3. The number of hydrogen-bond donors (Lipinski definition) is 0. The molecule has 208 valence electrons. The number of hydrogen-bond acceptors (Lipinski definition) is 5. The number of benzene rings is 2. The number of unbranched alkanes of at least 4 members (excludes halogenated alkanes) is 2. The zero-order valence-corrected chi connectivity index (χ0v) is 25.7. The average molecular weight is 539 g/mol. The molecular weight excluding hydrogens is 490 g/mol. The molecule has 0 aliphatic rings. The summed E-state index contributed by atoms with van der Waals surface area (Å²) in [6.45, 7) is 10.2. The van der Waals surface area contributed by atoms with Gasteiger partial charge in [0.2, 0.25) is 0 Å². The zero-order valence-electron chi connectivity index (χ0n) is 25.7. The molecule has 0 saturated heterocycles. The Bertz CT molecular complexity index is 936. The van der Waals surface area contributed by atoms with Gasteiger partial charge in [-0.25, -0.2) is 0 Å². The van der Waals surface area contributed by atoms with Crippen LogP contribution in [0.1, 0.15) is 90.8 Å². The number of ether oxygens (including phenoxy) is 4. The predicted octanol–water partition coefficient (Wildman–Crippen LogP) is 5.15. The summed E-state index contributed by atoms with van der Waals surface area (Å²) in [6.07, 6.45) is 9.30. The molecule has 3 atom stereocenters. The van der Waals surface area contributed by atoms with E-state index in [0.29, 0.717) is 42.1 Å². The number of methoxy groups -OCH3 is 2. The van der Waals surface area contributed by atoms with Crippen molar-refractivity contribution in [2.45, 2.75) is 79.1 Å². The van der Waals surface area contributed by atoms with Gasteiger partial charge in [0.15, 0.2) is 5.52 Å². The summed E-state index contributed by atoms with van der Waals surface area (Å²) >= 11 is 0. The van der Waals surface area contributed by atoms with Gasteiger partial charge in [-0.15, -0.1) is 0 Å². The van der Waals surface area contributed by atoms with Gasteiger partial charge in [-0.1, -0.05) is 72.3 Å². The molecule has 0 N–H and O–H groups in total.